The van der Waals surface area contributed by atoms with Gasteiger partial charge in [-0.3, -0.25) is 4.79 Å². The Morgan fingerprint density at radius 1 is 1.05 bits per heavy atom. The molecular formula is C17H18O2. The van der Waals surface area contributed by atoms with E-state index in [1.165, 1.54) is 12.8 Å². The maximum absolute atomic E-state index is 12.4. The molecule has 0 saturated heterocycles. The van der Waals surface area contributed by atoms with Gasteiger partial charge in [-0.2, -0.15) is 0 Å². The van der Waals surface area contributed by atoms with Crippen molar-refractivity contribution in [2.24, 2.45) is 5.92 Å². The van der Waals surface area contributed by atoms with Crippen molar-refractivity contribution in [3.05, 3.63) is 42.0 Å². The number of benzene rings is 2. The first kappa shape index (κ1) is 12.2. The van der Waals surface area contributed by atoms with Crippen LogP contribution in [-0.4, -0.2) is 12.9 Å². The third-order valence-electron chi connectivity index (χ3n) is 4.06. The van der Waals surface area contributed by atoms with Crippen LogP contribution >= 0.6 is 0 Å². The van der Waals surface area contributed by atoms with Gasteiger partial charge < -0.3 is 4.74 Å². The SMILES string of the molecule is COc1ccc2cc(C(=O)C3CCCC3)ccc2c1. The Morgan fingerprint density at radius 2 is 1.74 bits per heavy atom. The minimum absolute atomic E-state index is 0.246. The lowest BCUT2D eigenvalue weighted by molar-refractivity contribution is 0.0923. The molecule has 0 unspecified atom stereocenters. The van der Waals surface area contributed by atoms with E-state index in [-0.39, 0.29) is 5.92 Å². The van der Waals surface area contributed by atoms with Gasteiger partial charge in [0.05, 0.1) is 7.11 Å². The fourth-order valence-electron chi connectivity index (χ4n) is 2.93. The minimum Gasteiger partial charge on any atom is -0.497 e. The van der Waals surface area contributed by atoms with Crippen molar-refractivity contribution < 1.29 is 9.53 Å². The largest absolute Gasteiger partial charge is 0.497 e. The van der Waals surface area contributed by atoms with Crippen LogP contribution in [0.15, 0.2) is 36.4 Å². The van der Waals surface area contributed by atoms with Gasteiger partial charge in [-0.05, 0) is 41.8 Å². The van der Waals surface area contributed by atoms with Crippen molar-refractivity contribution in [1.82, 2.24) is 0 Å². The predicted octanol–water partition coefficient (Wildman–Crippen LogP) is 4.22. The van der Waals surface area contributed by atoms with Gasteiger partial charge >= 0.3 is 0 Å². The molecule has 0 bridgehead atoms. The van der Waals surface area contributed by atoms with Gasteiger partial charge in [0.1, 0.15) is 5.75 Å². The number of Topliss-reactive ketones (excluding diaryl/α,β-unsaturated/α-hetero) is 1. The van der Waals surface area contributed by atoms with Crippen LogP contribution in [0.25, 0.3) is 10.8 Å². The van der Waals surface area contributed by atoms with Crippen LogP contribution in [0.2, 0.25) is 0 Å². The summed E-state index contributed by atoms with van der Waals surface area (Å²) in [7, 11) is 1.67. The standard InChI is InChI=1S/C17H18O2/c1-19-16-9-8-13-10-15(7-6-14(13)11-16)17(18)12-4-2-3-5-12/h6-12H,2-5H2,1H3. The number of hydrogen-bond donors (Lipinski definition) is 0. The first-order valence-electron chi connectivity index (χ1n) is 6.90. The summed E-state index contributed by atoms with van der Waals surface area (Å²) in [5.41, 5.74) is 0.851. The fraction of sp³-hybridized carbons (Fsp3) is 0.353. The highest BCUT2D eigenvalue weighted by atomic mass is 16.5. The van der Waals surface area contributed by atoms with Crippen LogP contribution in [0.3, 0.4) is 0 Å². The maximum atomic E-state index is 12.4. The predicted molar refractivity (Wildman–Crippen MR) is 76.8 cm³/mol. The second-order valence-corrected chi connectivity index (χ2v) is 5.27. The molecule has 1 aliphatic rings. The molecule has 0 aliphatic heterocycles. The van der Waals surface area contributed by atoms with Crippen molar-refractivity contribution in [3.63, 3.8) is 0 Å². The molecule has 3 rings (SSSR count). The quantitative estimate of drug-likeness (QED) is 0.766. The van der Waals surface area contributed by atoms with Gasteiger partial charge in [0, 0.05) is 11.5 Å². The first-order valence-corrected chi connectivity index (χ1v) is 6.90. The highest BCUT2D eigenvalue weighted by molar-refractivity contribution is 6.01. The van der Waals surface area contributed by atoms with E-state index in [0.29, 0.717) is 5.78 Å². The lowest BCUT2D eigenvalue weighted by Gasteiger charge is -2.09. The van der Waals surface area contributed by atoms with Gasteiger partial charge in [0.2, 0.25) is 0 Å². The molecule has 1 fully saturated rings. The second-order valence-electron chi connectivity index (χ2n) is 5.27. The van der Waals surface area contributed by atoms with Crippen molar-refractivity contribution in [1.29, 1.82) is 0 Å². The smallest absolute Gasteiger partial charge is 0.165 e. The summed E-state index contributed by atoms with van der Waals surface area (Å²) < 4.78 is 5.21. The van der Waals surface area contributed by atoms with Crippen LogP contribution in [0.5, 0.6) is 5.75 Å². The average molecular weight is 254 g/mol. The van der Waals surface area contributed by atoms with Gasteiger partial charge in [-0.15, -0.1) is 0 Å². The number of methoxy groups -OCH3 is 1. The monoisotopic (exact) mass is 254 g/mol. The van der Waals surface area contributed by atoms with Crippen molar-refractivity contribution >= 4 is 16.6 Å². The summed E-state index contributed by atoms with van der Waals surface area (Å²) in [6.45, 7) is 0. The summed E-state index contributed by atoms with van der Waals surface area (Å²) in [4.78, 5) is 12.4. The van der Waals surface area contributed by atoms with Crippen LogP contribution in [0.1, 0.15) is 36.0 Å². The Balaban J connectivity index is 1.95. The molecule has 0 N–H and O–H groups in total. The van der Waals surface area contributed by atoms with Crippen LogP contribution in [-0.2, 0) is 0 Å². The normalized spacial score (nSPS) is 15.8. The molecule has 1 aliphatic carbocycles. The molecule has 0 aromatic heterocycles. The molecule has 19 heavy (non-hydrogen) atoms. The highest BCUT2D eigenvalue weighted by Gasteiger charge is 2.23. The third kappa shape index (κ3) is 2.35. The zero-order chi connectivity index (χ0) is 13.2. The molecule has 2 aromatic rings. The van der Waals surface area contributed by atoms with Gasteiger partial charge in [-0.25, -0.2) is 0 Å². The Morgan fingerprint density at radius 3 is 2.47 bits per heavy atom. The maximum Gasteiger partial charge on any atom is 0.165 e. The van der Waals surface area contributed by atoms with Crippen molar-refractivity contribution in [3.8, 4) is 5.75 Å². The summed E-state index contributed by atoms with van der Waals surface area (Å²) in [5, 5.41) is 2.21. The molecule has 98 valence electrons. The molecule has 2 nitrogen and oxygen atoms in total. The van der Waals surface area contributed by atoms with E-state index in [1.54, 1.807) is 7.11 Å². The molecule has 0 heterocycles. The topological polar surface area (TPSA) is 26.3 Å². The van der Waals surface area contributed by atoms with Gasteiger partial charge in [-0.1, -0.05) is 31.0 Å². The second kappa shape index (κ2) is 5.04. The number of fused-ring (bicyclic) bond motifs is 1. The van der Waals surface area contributed by atoms with Crippen molar-refractivity contribution in [2.75, 3.05) is 7.11 Å². The Bertz CT molecular complexity index is 610. The van der Waals surface area contributed by atoms with Gasteiger partial charge in [0.25, 0.3) is 0 Å². The molecule has 1 saturated carbocycles. The van der Waals surface area contributed by atoms with Crippen LogP contribution in [0, 0.1) is 5.92 Å². The molecule has 0 spiro atoms. The zero-order valence-corrected chi connectivity index (χ0v) is 11.2. The van der Waals surface area contributed by atoms with E-state index >= 15 is 0 Å². The van der Waals surface area contributed by atoms with Crippen LogP contribution in [0.4, 0.5) is 0 Å². The first-order chi connectivity index (χ1) is 9.28. The number of carbonyl (C=O) groups excluding carboxylic acids is 1. The summed E-state index contributed by atoms with van der Waals surface area (Å²) >= 11 is 0. The molecule has 2 heteroatoms. The molecular weight excluding hydrogens is 236 g/mol. The number of ether oxygens (including phenoxy) is 1. The third-order valence-corrected chi connectivity index (χ3v) is 4.06. The lowest BCUT2D eigenvalue weighted by Crippen LogP contribution is -2.10. The molecule has 2 aromatic carbocycles. The van der Waals surface area contributed by atoms with E-state index in [4.69, 9.17) is 4.74 Å². The molecule has 0 atom stereocenters. The molecule has 0 amide bonds. The number of ketones is 1. The zero-order valence-electron chi connectivity index (χ0n) is 11.2. The number of carbonyl (C=O) groups is 1. The van der Waals surface area contributed by atoms with Crippen molar-refractivity contribution in [2.45, 2.75) is 25.7 Å². The lowest BCUT2D eigenvalue weighted by atomic mass is 9.94. The number of rotatable bonds is 3. The summed E-state index contributed by atoms with van der Waals surface area (Å²) in [5.74, 6) is 1.41. The summed E-state index contributed by atoms with van der Waals surface area (Å²) in [6, 6.07) is 11.9. The highest BCUT2D eigenvalue weighted by Crippen LogP contribution is 2.29. The van der Waals surface area contributed by atoms with E-state index in [0.717, 1.165) is 34.9 Å². The Kier molecular flexibility index (Phi) is 3.24. The fourth-order valence-corrected chi connectivity index (χ4v) is 2.93. The van der Waals surface area contributed by atoms with E-state index in [9.17, 15) is 4.79 Å². The van der Waals surface area contributed by atoms with Gasteiger partial charge in [0.15, 0.2) is 5.78 Å². The van der Waals surface area contributed by atoms with E-state index in [2.05, 4.69) is 0 Å². The Labute approximate surface area is 113 Å². The average Bonchev–Trinajstić information content (AvgIpc) is 2.99. The van der Waals surface area contributed by atoms with E-state index in [1.807, 2.05) is 36.4 Å². The minimum atomic E-state index is 0.246. The number of hydrogen-bond acceptors (Lipinski definition) is 2. The summed E-state index contributed by atoms with van der Waals surface area (Å²) in [6.07, 6.45) is 4.50. The molecule has 0 radical (unpaired) electrons. The Hall–Kier alpha value is -1.83. The van der Waals surface area contributed by atoms with E-state index < -0.39 is 0 Å². The van der Waals surface area contributed by atoms with Crippen LogP contribution < -0.4 is 4.74 Å².